The van der Waals surface area contributed by atoms with E-state index in [0.717, 1.165) is 10.2 Å². The molecule has 0 spiro atoms. The topological polar surface area (TPSA) is 61.4 Å². The van der Waals surface area contributed by atoms with E-state index >= 15 is 0 Å². The summed E-state index contributed by atoms with van der Waals surface area (Å²) in [4.78, 5) is 26.2. The minimum atomic E-state index is -0.576. The Kier molecular flexibility index (Phi) is 5.36. The molecular formula is C15H20BrN3O2. The largest absolute Gasteiger partial charge is 0.354 e. The van der Waals surface area contributed by atoms with Crippen LogP contribution in [0.4, 0.5) is 5.69 Å². The van der Waals surface area contributed by atoms with Gasteiger partial charge in [0.25, 0.3) is 0 Å². The van der Waals surface area contributed by atoms with Crippen LogP contribution >= 0.6 is 15.9 Å². The lowest BCUT2D eigenvalue weighted by Gasteiger charge is -2.17. The second-order valence-electron chi connectivity index (χ2n) is 5.25. The molecule has 0 bridgehead atoms. The summed E-state index contributed by atoms with van der Waals surface area (Å²) in [6.45, 7) is 3.08. The standard InChI is InChI=1S/C15H20BrN3O2/c1-10(17-2)9-18-14(20)13-6-7-19(15(13)21)12-5-3-4-11(16)8-12/h3-5,8,10,13,17H,6-7,9H2,1-2H3,(H,18,20). The highest BCUT2D eigenvalue weighted by atomic mass is 79.9. The molecule has 6 heteroatoms. The van der Waals surface area contributed by atoms with Gasteiger partial charge < -0.3 is 15.5 Å². The molecule has 2 N–H and O–H groups in total. The van der Waals surface area contributed by atoms with Crippen LogP contribution in [-0.4, -0.2) is 38.0 Å². The average Bonchev–Trinajstić information content (AvgIpc) is 2.86. The van der Waals surface area contributed by atoms with Crippen LogP contribution in [0.5, 0.6) is 0 Å². The van der Waals surface area contributed by atoms with Crippen LogP contribution in [0.3, 0.4) is 0 Å². The first-order chi connectivity index (χ1) is 10.0. The Labute approximate surface area is 133 Å². The SMILES string of the molecule is CNC(C)CNC(=O)C1CCN(c2cccc(Br)c2)C1=O. The van der Waals surface area contributed by atoms with Gasteiger partial charge in [0.2, 0.25) is 11.8 Å². The molecule has 2 atom stereocenters. The molecule has 1 fully saturated rings. The Hall–Kier alpha value is -1.40. The maximum absolute atomic E-state index is 12.4. The van der Waals surface area contributed by atoms with Gasteiger partial charge in [-0.15, -0.1) is 0 Å². The molecule has 0 radical (unpaired) electrons. The predicted molar refractivity (Wildman–Crippen MR) is 86.1 cm³/mol. The summed E-state index contributed by atoms with van der Waals surface area (Å²) >= 11 is 3.40. The van der Waals surface area contributed by atoms with Gasteiger partial charge >= 0.3 is 0 Å². The Morgan fingerprint density at radius 2 is 2.29 bits per heavy atom. The summed E-state index contributed by atoms with van der Waals surface area (Å²) in [5.74, 6) is -0.879. The summed E-state index contributed by atoms with van der Waals surface area (Å²) in [5, 5.41) is 5.88. The molecule has 2 unspecified atom stereocenters. The summed E-state index contributed by atoms with van der Waals surface area (Å²) in [5.41, 5.74) is 0.827. The van der Waals surface area contributed by atoms with Crippen molar-refractivity contribution in [3.8, 4) is 0 Å². The van der Waals surface area contributed by atoms with Crippen molar-refractivity contribution in [1.82, 2.24) is 10.6 Å². The number of likely N-dealkylation sites (N-methyl/N-ethyl adjacent to an activating group) is 1. The van der Waals surface area contributed by atoms with Crippen molar-refractivity contribution in [2.45, 2.75) is 19.4 Å². The van der Waals surface area contributed by atoms with Gasteiger partial charge in [-0.25, -0.2) is 0 Å². The van der Waals surface area contributed by atoms with Gasteiger partial charge in [-0.1, -0.05) is 22.0 Å². The smallest absolute Gasteiger partial charge is 0.239 e. The number of nitrogens with zero attached hydrogens (tertiary/aromatic N) is 1. The average molecular weight is 354 g/mol. The molecule has 1 aromatic rings. The van der Waals surface area contributed by atoms with E-state index in [1.165, 1.54) is 0 Å². The number of nitrogens with one attached hydrogen (secondary N) is 2. The molecule has 1 aromatic carbocycles. The molecule has 114 valence electrons. The predicted octanol–water partition coefficient (Wildman–Crippen LogP) is 1.53. The first kappa shape index (κ1) is 16.0. The minimum absolute atomic E-state index is 0.122. The third-order valence-electron chi connectivity index (χ3n) is 3.72. The number of hydrogen-bond acceptors (Lipinski definition) is 3. The second kappa shape index (κ2) is 7.04. The number of anilines is 1. The van der Waals surface area contributed by atoms with Crippen molar-refractivity contribution >= 4 is 33.4 Å². The lowest BCUT2D eigenvalue weighted by atomic mass is 10.1. The Bertz CT molecular complexity index is 535. The van der Waals surface area contributed by atoms with E-state index in [1.807, 2.05) is 38.2 Å². The Morgan fingerprint density at radius 1 is 1.52 bits per heavy atom. The van der Waals surface area contributed by atoms with Gasteiger partial charge in [-0.2, -0.15) is 0 Å². The summed E-state index contributed by atoms with van der Waals surface area (Å²) < 4.78 is 0.920. The number of hydrogen-bond donors (Lipinski definition) is 2. The van der Waals surface area contributed by atoms with Crippen molar-refractivity contribution in [3.05, 3.63) is 28.7 Å². The highest BCUT2D eigenvalue weighted by molar-refractivity contribution is 9.10. The molecule has 2 rings (SSSR count). The summed E-state index contributed by atoms with van der Waals surface area (Å²) in [6, 6.07) is 7.75. The zero-order chi connectivity index (χ0) is 15.4. The fourth-order valence-corrected chi connectivity index (χ4v) is 2.69. The highest BCUT2D eigenvalue weighted by Gasteiger charge is 2.37. The maximum atomic E-state index is 12.4. The maximum Gasteiger partial charge on any atom is 0.239 e. The van der Waals surface area contributed by atoms with Gasteiger partial charge in [0, 0.05) is 29.3 Å². The molecule has 0 aliphatic carbocycles. The molecule has 1 saturated heterocycles. The third-order valence-corrected chi connectivity index (χ3v) is 4.21. The van der Waals surface area contributed by atoms with Crippen LogP contribution in [-0.2, 0) is 9.59 Å². The van der Waals surface area contributed by atoms with Crippen molar-refractivity contribution < 1.29 is 9.59 Å². The third kappa shape index (κ3) is 3.83. The number of benzene rings is 1. The van der Waals surface area contributed by atoms with Crippen LogP contribution in [0.15, 0.2) is 28.7 Å². The van der Waals surface area contributed by atoms with Crippen molar-refractivity contribution in [2.24, 2.45) is 5.92 Å². The summed E-state index contributed by atoms with van der Waals surface area (Å²) in [7, 11) is 1.84. The van der Waals surface area contributed by atoms with E-state index in [2.05, 4.69) is 26.6 Å². The lowest BCUT2D eigenvalue weighted by Crippen LogP contribution is -2.42. The van der Waals surface area contributed by atoms with E-state index in [-0.39, 0.29) is 17.9 Å². The van der Waals surface area contributed by atoms with E-state index in [1.54, 1.807) is 4.90 Å². The monoisotopic (exact) mass is 353 g/mol. The van der Waals surface area contributed by atoms with E-state index in [4.69, 9.17) is 0 Å². The van der Waals surface area contributed by atoms with Crippen LogP contribution in [0.25, 0.3) is 0 Å². The Morgan fingerprint density at radius 3 is 2.95 bits per heavy atom. The molecule has 1 heterocycles. The minimum Gasteiger partial charge on any atom is -0.354 e. The van der Waals surface area contributed by atoms with E-state index in [9.17, 15) is 9.59 Å². The number of amides is 2. The zero-order valence-electron chi connectivity index (χ0n) is 12.2. The first-order valence-electron chi connectivity index (χ1n) is 7.05. The normalized spacial score (nSPS) is 19.7. The van der Waals surface area contributed by atoms with Crippen molar-refractivity contribution in [1.29, 1.82) is 0 Å². The summed E-state index contributed by atoms with van der Waals surface area (Å²) in [6.07, 6.45) is 0.561. The van der Waals surface area contributed by atoms with Gasteiger partial charge in [-0.3, -0.25) is 9.59 Å². The molecule has 21 heavy (non-hydrogen) atoms. The van der Waals surface area contributed by atoms with Gasteiger partial charge in [0.15, 0.2) is 0 Å². The molecule has 0 aromatic heterocycles. The highest BCUT2D eigenvalue weighted by Crippen LogP contribution is 2.27. The van der Waals surface area contributed by atoms with Crippen molar-refractivity contribution in [2.75, 3.05) is 25.0 Å². The van der Waals surface area contributed by atoms with Gasteiger partial charge in [0.05, 0.1) is 0 Å². The molecule has 1 aliphatic rings. The van der Waals surface area contributed by atoms with Gasteiger partial charge in [-0.05, 0) is 38.6 Å². The molecule has 0 saturated carbocycles. The van der Waals surface area contributed by atoms with Crippen LogP contribution in [0.1, 0.15) is 13.3 Å². The van der Waals surface area contributed by atoms with Gasteiger partial charge in [0.1, 0.15) is 5.92 Å². The molecule has 5 nitrogen and oxygen atoms in total. The van der Waals surface area contributed by atoms with Crippen LogP contribution < -0.4 is 15.5 Å². The van der Waals surface area contributed by atoms with Crippen LogP contribution in [0, 0.1) is 5.92 Å². The fourth-order valence-electron chi connectivity index (χ4n) is 2.30. The number of halogens is 1. The first-order valence-corrected chi connectivity index (χ1v) is 7.84. The number of carbonyl (C=O) groups excluding carboxylic acids is 2. The van der Waals surface area contributed by atoms with Crippen molar-refractivity contribution in [3.63, 3.8) is 0 Å². The van der Waals surface area contributed by atoms with E-state index in [0.29, 0.717) is 19.5 Å². The molecule has 1 aliphatic heterocycles. The Balaban J connectivity index is 1.99. The number of rotatable bonds is 5. The quantitative estimate of drug-likeness (QED) is 0.789. The zero-order valence-corrected chi connectivity index (χ0v) is 13.8. The second-order valence-corrected chi connectivity index (χ2v) is 6.16. The molecule has 2 amide bonds. The fraction of sp³-hybridized carbons (Fsp3) is 0.467. The van der Waals surface area contributed by atoms with E-state index < -0.39 is 5.92 Å². The lowest BCUT2D eigenvalue weighted by molar-refractivity contribution is -0.132. The van der Waals surface area contributed by atoms with Crippen LogP contribution in [0.2, 0.25) is 0 Å². The molecular weight excluding hydrogens is 334 g/mol. The number of carbonyl (C=O) groups is 2.